The molecule has 2 N–H and O–H groups in total. The molecule has 7 heteroatoms. The van der Waals surface area contributed by atoms with E-state index < -0.39 is 5.60 Å². The van der Waals surface area contributed by atoms with Gasteiger partial charge in [-0.3, -0.25) is 0 Å². The second kappa shape index (κ2) is 7.84. The molecule has 0 unspecified atom stereocenters. The Kier molecular flexibility index (Phi) is 5.05. The van der Waals surface area contributed by atoms with E-state index in [0.717, 1.165) is 32.7 Å². The molecule has 0 amide bonds. The van der Waals surface area contributed by atoms with Crippen molar-refractivity contribution in [2.24, 2.45) is 0 Å². The van der Waals surface area contributed by atoms with Gasteiger partial charge in [0.1, 0.15) is 10.6 Å². The van der Waals surface area contributed by atoms with Gasteiger partial charge in [-0.2, -0.15) is 11.3 Å². The van der Waals surface area contributed by atoms with Gasteiger partial charge in [0.2, 0.25) is 0 Å². The summed E-state index contributed by atoms with van der Waals surface area (Å²) in [5.41, 5.74) is 2.49. The molecule has 0 bridgehead atoms. The molecule has 4 heterocycles. The van der Waals surface area contributed by atoms with Gasteiger partial charge in [0, 0.05) is 54.5 Å². The third-order valence-electron chi connectivity index (χ3n) is 5.31. The number of benzene rings is 1. The number of aromatic nitrogens is 2. The van der Waals surface area contributed by atoms with Gasteiger partial charge >= 0.3 is 0 Å². The average molecular weight is 424 g/mol. The number of fused-ring (bicyclic) bond motifs is 1. The zero-order valence-electron chi connectivity index (χ0n) is 15.8. The first-order valence-corrected chi connectivity index (χ1v) is 11.5. The standard InChI is InChI=1S/C22H21N3O2S2/c26-22(7-9-27-10-8-22)14-23-20-18-17(15-4-2-1-3-5-15)13-29-21(18)25-19(24-20)16-6-11-28-12-16/h1-6,11-13,26H,7-10,14H2,(H,23,24,25). The first-order valence-electron chi connectivity index (χ1n) is 9.63. The molecule has 0 spiro atoms. The first-order chi connectivity index (χ1) is 14.2. The van der Waals surface area contributed by atoms with Gasteiger partial charge in [0.05, 0.1) is 11.0 Å². The molecule has 1 saturated heterocycles. The van der Waals surface area contributed by atoms with Crippen LogP contribution in [0.15, 0.2) is 52.5 Å². The van der Waals surface area contributed by atoms with Crippen LogP contribution in [-0.2, 0) is 4.74 Å². The molecule has 29 heavy (non-hydrogen) atoms. The van der Waals surface area contributed by atoms with Crippen LogP contribution in [-0.4, -0.2) is 40.4 Å². The summed E-state index contributed by atoms with van der Waals surface area (Å²) >= 11 is 3.26. The average Bonchev–Trinajstić information content (AvgIpc) is 3.43. The van der Waals surface area contributed by atoms with Crippen LogP contribution in [0.5, 0.6) is 0 Å². The van der Waals surface area contributed by atoms with Crippen LogP contribution in [0, 0.1) is 0 Å². The number of hydrogen-bond donors (Lipinski definition) is 2. The molecule has 0 saturated carbocycles. The van der Waals surface area contributed by atoms with E-state index in [1.54, 1.807) is 22.7 Å². The first kappa shape index (κ1) is 18.7. The number of aliphatic hydroxyl groups is 1. The van der Waals surface area contributed by atoms with Crippen LogP contribution in [0.3, 0.4) is 0 Å². The topological polar surface area (TPSA) is 67.3 Å². The minimum absolute atomic E-state index is 0.440. The van der Waals surface area contributed by atoms with E-state index in [1.807, 2.05) is 29.6 Å². The van der Waals surface area contributed by atoms with Crippen molar-refractivity contribution in [2.75, 3.05) is 25.1 Å². The van der Waals surface area contributed by atoms with Crippen LogP contribution in [0.2, 0.25) is 0 Å². The molecule has 3 aromatic heterocycles. The van der Waals surface area contributed by atoms with Gasteiger partial charge in [-0.1, -0.05) is 30.3 Å². The van der Waals surface area contributed by atoms with Crippen LogP contribution < -0.4 is 5.32 Å². The number of anilines is 1. The summed E-state index contributed by atoms with van der Waals surface area (Å²) in [7, 11) is 0. The Bertz CT molecular complexity index is 1100. The molecule has 4 aromatic rings. The monoisotopic (exact) mass is 423 g/mol. The maximum absolute atomic E-state index is 10.9. The predicted molar refractivity (Wildman–Crippen MR) is 120 cm³/mol. The summed E-state index contributed by atoms with van der Waals surface area (Å²) in [6.07, 6.45) is 1.25. The fourth-order valence-corrected chi connectivity index (χ4v) is 5.18. The van der Waals surface area contributed by atoms with Crippen LogP contribution in [0.4, 0.5) is 5.82 Å². The maximum Gasteiger partial charge on any atom is 0.163 e. The van der Waals surface area contributed by atoms with Gasteiger partial charge < -0.3 is 15.2 Å². The van der Waals surface area contributed by atoms with E-state index >= 15 is 0 Å². The van der Waals surface area contributed by atoms with Crippen molar-refractivity contribution in [2.45, 2.75) is 18.4 Å². The van der Waals surface area contributed by atoms with Crippen molar-refractivity contribution in [3.63, 3.8) is 0 Å². The number of ether oxygens (including phenoxy) is 1. The molecule has 1 aliphatic heterocycles. The summed E-state index contributed by atoms with van der Waals surface area (Å²) in [5.74, 6) is 1.48. The second-order valence-electron chi connectivity index (χ2n) is 7.29. The summed E-state index contributed by atoms with van der Waals surface area (Å²) in [6, 6.07) is 12.3. The summed E-state index contributed by atoms with van der Waals surface area (Å²) in [6.45, 7) is 1.62. The quantitative estimate of drug-likeness (QED) is 0.471. The van der Waals surface area contributed by atoms with E-state index in [0.29, 0.717) is 38.4 Å². The lowest BCUT2D eigenvalue weighted by atomic mass is 9.94. The lowest BCUT2D eigenvalue weighted by Gasteiger charge is -2.32. The van der Waals surface area contributed by atoms with Gasteiger partial charge in [0.25, 0.3) is 0 Å². The number of hydrogen-bond acceptors (Lipinski definition) is 7. The molecule has 0 atom stereocenters. The SMILES string of the molecule is OC1(CNc2nc(-c3ccsc3)nc3scc(-c4ccccc4)c23)CCOCC1. The van der Waals surface area contributed by atoms with Gasteiger partial charge in [-0.05, 0) is 17.0 Å². The van der Waals surface area contributed by atoms with Crippen molar-refractivity contribution in [3.05, 3.63) is 52.5 Å². The highest BCUT2D eigenvalue weighted by atomic mass is 32.1. The number of thiophene rings is 2. The highest BCUT2D eigenvalue weighted by molar-refractivity contribution is 7.17. The smallest absolute Gasteiger partial charge is 0.163 e. The molecule has 1 fully saturated rings. The zero-order valence-corrected chi connectivity index (χ0v) is 17.4. The molecule has 5 nitrogen and oxygen atoms in total. The molecule has 0 radical (unpaired) electrons. The number of nitrogens with zero attached hydrogens (tertiary/aromatic N) is 2. The van der Waals surface area contributed by atoms with Gasteiger partial charge in [0.15, 0.2) is 5.82 Å². The zero-order chi connectivity index (χ0) is 19.7. The molecular formula is C22H21N3O2S2. The Morgan fingerprint density at radius 2 is 1.86 bits per heavy atom. The van der Waals surface area contributed by atoms with E-state index in [4.69, 9.17) is 14.7 Å². The van der Waals surface area contributed by atoms with Crippen LogP contribution >= 0.6 is 22.7 Å². The Labute approximate surface area is 177 Å². The van der Waals surface area contributed by atoms with E-state index in [9.17, 15) is 5.11 Å². The van der Waals surface area contributed by atoms with E-state index in [2.05, 4.69) is 28.2 Å². The third-order valence-corrected chi connectivity index (χ3v) is 6.86. The highest BCUT2D eigenvalue weighted by Crippen LogP contribution is 2.38. The fraction of sp³-hybridized carbons (Fsp3) is 0.273. The van der Waals surface area contributed by atoms with Crippen molar-refractivity contribution >= 4 is 38.7 Å². The van der Waals surface area contributed by atoms with Gasteiger partial charge in [-0.15, -0.1) is 11.3 Å². The Hall–Kier alpha value is -2.32. The fourth-order valence-electron chi connectivity index (χ4n) is 3.60. The Balaban J connectivity index is 1.59. The lowest BCUT2D eigenvalue weighted by Crippen LogP contribution is -2.42. The number of rotatable bonds is 5. The molecule has 148 valence electrons. The summed E-state index contributed by atoms with van der Waals surface area (Å²) in [5, 5.41) is 21.6. The van der Waals surface area contributed by atoms with Crippen molar-refractivity contribution in [1.29, 1.82) is 0 Å². The molecule has 0 aliphatic carbocycles. The van der Waals surface area contributed by atoms with Crippen molar-refractivity contribution in [1.82, 2.24) is 9.97 Å². The number of nitrogens with one attached hydrogen (secondary N) is 1. The minimum Gasteiger partial charge on any atom is -0.388 e. The predicted octanol–water partition coefficient (Wildman–Crippen LogP) is 5.04. The van der Waals surface area contributed by atoms with Crippen LogP contribution in [0.1, 0.15) is 12.8 Å². The molecule has 1 aliphatic rings. The maximum atomic E-state index is 10.9. The van der Waals surface area contributed by atoms with Crippen LogP contribution in [0.25, 0.3) is 32.7 Å². The minimum atomic E-state index is -0.777. The van der Waals surface area contributed by atoms with Crippen molar-refractivity contribution < 1.29 is 9.84 Å². The van der Waals surface area contributed by atoms with Crippen molar-refractivity contribution in [3.8, 4) is 22.5 Å². The highest BCUT2D eigenvalue weighted by Gasteiger charge is 2.30. The molecular weight excluding hydrogens is 402 g/mol. The third kappa shape index (κ3) is 3.79. The van der Waals surface area contributed by atoms with Gasteiger partial charge in [-0.25, -0.2) is 9.97 Å². The summed E-state index contributed by atoms with van der Waals surface area (Å²) in [4.78, 5) is 10.6. The Morgan fingerprint density at radius 3 is 2.62 bits per heavy atom. The lowest BCUT2D eigenvalue weighted by molar-refractivity contribution is -0.0543. The van der Waals surface area contributed by atoms with E-state index in [-0.39, 0.29) is 0 Å². The largest absolute Gasteiger partial charge is 0.388 e. The molecule has 1 aromatic carbocycles. The summed E-state index contributed by atoms with van der Waals surface area (Å²) < 4.78 is 5.41. The second-order valence-corrected chi connectivity index (χ2v) is 8.93. The normalized spacial score (nSPS) is 16.2. The van der Waals surface area contributed by atoms with E-state index in [1.165, 1.54) is 0 Å². The Morgan fingerprint density at radius 1 is 1.03 bits per heavy atom. The molecule has 5 rings (SSSR count).